The van der Waals surface area contributed by atoms with Gasteiger partial charge in [0.2, 0.25) is 17.7 Å². The molecule has 10 heteroatoms. The minimum absolute atomic E-state index is 0.158. The molecule has 1 rings (SSSR count). The van der Waals surface area contributed by atoms with Gasteiger partial charge in [-0.3, -0.25) is 14.4 Å². The van der Waals surface area contributed by atoms with Gasteiger partial charge in [0.05, 0.1) is 6.54 Å². The number of hydrogen-bond acceptors (Lipinski definition) is 6. The summed E-state index contributed by atoms with van der Waals surface area (Å²) < 4.78 is 0. The summed E-state index contributed by atoms with van der Waals surface area (Å²) in [5, 5.41) is 17.4. The Morgan fingerprint density at radius 1 is 0.939 bits per heavy atom. The highest BCUT2D eigenvalue weighted by atomic mass is 16.4. The standard InChI is InChI=1S/C23H37N5O5/c1-3-15(2)20(23(32)33)28-22(31)18(13-16-9-5-4-6-10-16)27-21(30)17(11-7-8-12-24)26-19(29)14-25/h4-6,9-10,15,17-18,20H,3,7-8,11-14,24-25H2,1-2H3,(H,26,29)(H,27,30)(H,28,31)(H,32,33). The lowest BCUT2D eigenvalue weighted by Gasteiger charge is -2.26. The Morgan fingerprint density at radius 3 is 2.12 bits per heavy atom. The highest BCUT2D eigenvalue weighted by Crippen LogP contribution is 2.10. The van der Waals surface area contributed by atoms with E-state index in [-0.39, 0.29) is 18.9 Å². The predicted octanol–water partition coefficient (Wildman–Crippen LogP) is -0.0981. The second kappa shape index (κ2) is 15.0. The summed E-state index contributed by atoms with van der Waals surface area (Å²) in [6.45, 7) is 3.75. The summed E-state index contributed by atoms with van der Waals surface area (Å²) in [5.41, 5.74) is 11.7. The van der Waals surface area contributed by atoms with E-state index in [9.17, 15) is 24.3 Å². The molecule has 0 aliphatic carbocycles. The first-order chi connectivity index (χ1) is 15.7. The molecule has 0 spiro atoms. The second-order valence-corrected chi connectivity index (χ2v) is 8.07. The van der Waals surface area contributed by atoms with E-state index in [1.807, 2.05) is 37.3 Å². The van der Waals surface area contributed by atoms with Gasteiger partial charge in [0.15, 0.2) is 0 Å². The molecular weight excluding hydrogens is 426 g/mol. The number of benzene rings is 1. The van der Waals surface area contributed by atoms with Crippen molar-refractivity contribution in [2.75, 3.05) is 13.1 Å². The highest BCUT2D eigenvalue weighted by molar-refractivity contribution is 5.93. The van der Waals surface area contributed by atoms with E-state index < -0.39 is 41.8 Å². The molecule has 8 N–H and O–H groups in total. The van der Waals surface area contributed by atoms with E-state index in [2.05, 4.69) is 16.0 Å². The van der Waals surface area contributed by atoms with Gasteiger partial charge in [-0.1, -0.05) is 50.6 Å². The van der Waals surface area contributed by atoms with E-state index >= 15 is 0 Å². The van der Waals surface area contributed by atoms with Gasteiger partial charge < -0.3 is 32.5 Å². The van der Waals surface area contributed by atoms with E-state index in [4.69, 9.17) is 11.5 Å². The Balaban J connectivity index is 3.07. The van der Waals surface area contributed by atoms with E-state index in [1.54, 1.807) is 6.92 Å². The van der Waals surface area contributed by atoms with Crippen molar-refractivity contribution in [1.29, 1.82) is 0 Å². The maximum atomic E-state index is 13.1. The van der Waals surface area contributed by atoms with E-state index in [0.717, 1.165) is 5.56 Å². The van der Waals surface area contributed by atoms with Crippen molar-refractivity contribution in [2.24, 2.45) is 17.4 Å². The second-order valence-electron chi connectivity index (χ2n) is 8.07. The molecule has 0 aromatic heterocycles. The number of rotatable bonds is 15. The number of carbonyl (C=O) groups is 4. The molecule has 0 saturated heterocycles. The smallest absolute Gasteiger partial charge is 0.326 e. The SMILES string of the molecule is CCC(C)C(NC(=O)C(Cc1ccccc1)NC(=O)C(CCCCN)NC(=O)CN)C(=O)O. The lowest BCUT2D eigenvalue weighted by molar-refractivity contribution is -0.143. The molecule has 1 aromatic rings. The van der Waals surface area contributed by atoms with Crippen molar-refractivity contribution in [3.63, 3.8) is 0 Å². The average Bonchev–Trinajstić information content (AvgIpc) is 2.81. The third kappa shape index (κ3) is 10.0. The summed E-state index contributed by atoms with van der Waals surface area (Å²) >= 11 is 0. The number of nitrogens with two attached hydrogens (primary N) is 2. The Kier molecular flexibility index (Phi) is 12.7. The molecule has 3 amide bonds. The number of carboxylic acid groups (broad SMARTS) is 1. The number of nitrogens with one attached hydrogen (secondary N) is 3. The fourth-order valence-electron chi connectivity index (χ4n) is 3.28. The van der Waals surface area contributed by atoms with Crippen molar-refractivity contribution >= 4 is 23.7 Å². The maximum absolute atomic E-state index is 13.1. The lowest BCUT2D eigenvalue weighted by Crippen LogP contribution is -2.57. The Hall–Kier alpha value is -2.98. The number of hydrogen-bond donors (Lipinski definition) is 6. The van der Waals surface area contributed by atoms with Gasteiger partial charge in [0, 0.05) is 6.42 Å². The molecule has 4 unspecified atom stereocenters. The van der Waals surface area contributed by atoms with Crippen LogP contribution < -0.4 is 27.4 Å². The summed E-state index contributed by atoms with van der Waals surface area (Å²) in [6, 6.07) is 6.06. The Bertz CT molecular complexity index is 774. The fourth-order valence-corrected chi connectivity index (χ4v) is 3.28. The van der Waals surface area contributed by atoms with Crippen molar-refractivity contribution in [3.8, 4) is 0 Å². The fraction of sp³-hybridized carbons (Fsp3) is 0.565. The van der Waals surface area contributed by atoms with E-state index in [0.29, 0.717) is 32.2 Å². The normalized spacial score (nSPS) is 14.4. The van der Waals surface area contributed by atoms with E-state index in [1.165, 1.54) is 0 Å². The van der Waals surface area contributed by atoms with Crippen molar-refractivity contribution in [3.05, 3.63) is 35.9 Å². The molecule has 0 radical (unpaired) electrons. The first-order valence-corrected chi connectivity index (χ1v) is 11.3. The van der Waals surface area contributed by atoms with Crippen LogP contribution in [0.3, 0.4) is 0 Å². The van der Waals surface area contributed by atoms with Gasteiger partial charge in [-0.25, -0.2) is 4.79 Å². The first kappa shape index (κ1) is 28.1. The van der Waals surface area contributed by atoms with Crippen LogP contribution in [0.15, 0.2) is 30.3 Å². The van der Waals surface area contributed by atoms with Crippen LogP contribution >= 0.6 is 0 Å². The van der Waals surface area contributed by atoms with Crippen LogP contribution in [-0.4, -0.2) is 60.0 Å². The average molecular weight is 464 g/mol. The topological polar surface area (TPSA) is 177 Å². The molecular formula is C23H37N5O5. The highest BCUT2D eigenvalue weighted by Gasteiger charge is 2.31. The minimum Gasteiger partial charge on any atom is -0.480 e. The van der Waals surface area contributed by atoms with Crippen LogP contribution in [0.1, 0.15) is 45.1 Å². The predicted molar refractivity (Wildman–Crippen MR) is 125 cm³/mol. The van der Waals surface area contributed by atoms with Crippen LogP contribution in [0, 0.1) is 5.92 Å². The third-order valence-electron chi connectivity index (χ3n) is 5.48. The van der Waals surface area contributed by atoms with Crippen molar-refractivity contribution < 1.29 is 24.3 Å². The molecule has 10 nitrogen and oxygen atoms in total. The Morgan fingerprint density at radius 2 is 1.58 bits per heavy atom. The van der Waals surface area contributed by atoms with Crippen LogP contribution in [0.4, 0.5) is 0 Å². The molecule has 0 aliphatic rings. The monoisotopic (exact) mass is 463 g/mol. The number of carboxylic acids is 1. The third-order valence-corrected chi connectivity index (χ3v) is 5.48. The number of carbonyl (C=O) groups excluding carboxylic acids is 3. The van der Waals surface area contributed by atoms with Crippen molar-refractivity contribution in [2.45, 2.75) is 64.1 Å². The zero-order chi connectivity index (χ0) is 24.8. The molecule has 0 heterocycles. The van der Waals surface area contributed by atoms with Crippen LogP contribution in [0.25, 0.3) is 0 Å². The molecule has 1 aromatic carbocycles. The van der Waals surface area contributed by atoms with Gasteiger partial charge in [0.1, 0.15) is 18.1 Å². The van der Waals surface area contributed by atoms with Crippen molar-refractivity contribution in [1.82, 2.24) is 16.0 Å². The molecule has 0 aliphatic heterocycles. The lowest BCUT2D eigenvalue weighted by atomic mass is 9.98. The maximum Gasteiger partial charge on any atom is 0.326 e. The van der Waals surface area contributed by atoms with Gasteiger partial charge in [-0.05, 0) is 37.3 Å². The molecule has 0 saturated carbocycles. The zero-order valence-corrected chi connectivity index (χ0v) is 19.4. The largest absolute Gasteiger partial charge is 0.480 e. The number of amides is 3. The van der Waals surface area contributed by atoms with Gasteiger partial charge >= 0.3 is 5.97 Å². The Labute approximate surface area is 194 Å². The minimum atomic E-state index is -1.14. The van der Waals surface area contributed by atoms with Gasteiger partial charge in [0.25, 0.3) is 0 Å². The molecule has 33 heavy (non-hydrogen) atoms. The number of unbranched alkanes of at least 4 members (excludes halogenated alkanes) is 1. The van der Waals surface area contributed by atoms with Gasteiger partial charge in [-0.15, -0.1) is 0 Å². The molecule has 184 valence electrons. The summed E-state index contributed by atoms with van der Waals surface area (Å²) in [4.78, 5) is 49.6. The van der Waals surface area contributed by atoms with Crippen LogP contribution in [-0.2, 0) is 25.6 Å². The number of aliphatic carboxylic acids is 1. The van der Waals surface area contributed by atoms with Gasteiger partial charge in [-0.2, -0.15) is 0 Å². The quantitative estimate of drug-likeness (QED) is 0.197. The van der Waals surface area contributed by atoms with Crippen LogP contribution in [0.5, 0.6) is 0 Å². The van der Waals surface area contributed by atoms with Crippen LogP contribution in [0.2, 0.25) is 0 Å². The molecule has 0 fully saturated rings. The molecule has 0 bridgehead atoms. The summed E-state index contributed by atoms with van der Waals surface area (Å²) in [7, 11) is 0. The summed E-state index contributed by atoms with van der Waals surface area (Å²) in [5.74, 6) is -3.08. The molecule has 4 atom stereocenters. The first-order valence-electron chi connectivity index (χ1n) is 11.3. The zero-order valence-electron chi connectivity index (χ0n) is 19.4. The summed E-state index contributed by atoms with van der Waals surface area (Å²) in [6.07, 6.45) is 2.32.